The first-order valence-electron chi connectivity index (χ1n) is 4.83. The second-order valence-corrected chi connectivity index (χ2v) is 3.43. The van der Waals surface area contributed by atoms with Crippen LogP contribution in [0.5, 0.6) is 5.75 Å². The van der Waals surface area contributed by atoms with Gasteiger partial charge in [-0.2, -0.15) is 4.98 Å². The molecule has 0 radical (unpaired) electrons. The van der Waals surface area contributed by atoms with E-state index < -0.39 is 0 Å². The molecule has 0 amide bonds. The Bertz CT molecular complexity index is 496. The van der Waals surface area contributed by atoms with Gasteiger partial charge < -0.3 is 9.26 Å². The number of rotatable bonds is 3. The predicted molar refractivity (Wildman–Crippen MR) is 54.5 cm³/mol. The minimum absolute atomic E-state index is 0.212. The standard InChI is InChI=1S/C11H11FN2O2/c1-7-5-9(12)3-4-10(7)15-6-11-13-8(2)16-14-11/h3-5H,6H2,1-2H3. The number of benzene rings is 1. The summed E-state index contributed by atoms with van der Waals surface area (Å²) in [5, 5.41) is 3.69. The van der Waals surface area contributed by atoms with Gasteiger partial charge in [0.1, 0.15) is 11.6 Å². The van der Waals surface area contributed by atoms with Crippen LogP contribution in [0.1, 0.15) is 17.3 Å². The van der Waals surface area contributed by atoms with E-state index in [2.05, 4.69) is 10.1 Å². The molecule has 0 unspecified atom stereocenters. The Morgan fingerprint density at radius 2 is 2.19 bits per heavy atom. The van der Waals surface area contributed by atoms with E-state index in [4.69, 9.17) is 9.26 Å². The summed E-state index contributed by atoms with van der Waals surface area (Å²) in [5.41, 5.74) is 0.736. The van der Waals surface area contributed by atoms with E-state index in [1.807, 2.05) is 0 Å². The molecule has 84 valence electrons. The number of aryl methyl sites for hydroxylation is 2. The van der Waals surface area contributed by atoms with Crippen LogP contribution in [0.2, 0.25) is 0 Å². The highest BCUT2D eigenvalue weighted by atomic mass is 19.1. The smallest absolute Gasteiger partial charge is 0.223 e. The van der Waals surface area contributed by atoms with Crippen LogP contribution in [-0.4, -0.2) is 10.1 Å². The quantitative estimate of drug-likeness (QED) is 0.800. The van der Waals surface area contributed by atoms with Gasteiger partial charge in [0.25, 0.3) is 0 Å². The Morgan fingerprint density at radius 3 is 2.81 bits per heavy atom. The zero-order valence-corrected chi connectivity index (χ0v) is 9.03. The van der Waals surface area contributed by atoms with Crippen LogP contribution in [0.3, 0.4) is 0 Å². The van der Waals surface area contributed by atoms with E-state index in [-0.39, 0.29) is 12.4 Å². The number of ether oxygens (including phenoxy) is 1. The third-order valence-corrected chi connectivity index (χ3v) is 2.06. The third kappa shape index (κ3) is 2.36. The van der Waals surface area contributed by atoms with Crippen LogP contribution >= 0.6 is 0 Å². The fraction of sp³-hybridized carbons (Fsp3) is 0.273. The third-order valence-electron chi connectivity index (χ3n) is 2.06. The van der Waals surface area contributed by atoms with E-state index in [0.717, 1.165) is 5.56 Å². The number of halogens is 1. The first-order valence-corrected chi connectivity index (χ1v) is 4.83. The first-order chi connectivity index (χ1) is 7.65. The molecule has 5 heteroatoms. The zero-order valence-electron chi connectivity index (χ0n) is 9.03. The fourth-order valence-corrected chi connectivity index (χ4v) is 1.32. The average Bonchev–Trinajstić information content (AvgIpc) is 2.63. The van der Waals surface area contributed by atoms with E-state index in [1.165, 1.54) is 12.1 Å². The summed E-state index contributed by atoms with van der Waals surface area (Å²) in [4.78, 5) is 4.00. The van der Waals surface area contributed by atoms with Crippen molar-refractivity contribution in [3.05, 3.63) is 41.3 Å². The topological polar surface area (TPSA) is 48.2 Å². The highest BCUT2D eigenvalue weighted by Gasteiger charge is 2.05. The Kier molecular flexibility index (Phi) is 2.85. The van der Waals surface area contributed by atoms with Crippen LogP contribution in [-0.2, 0) is 6.61 Å². The van der Waals surface area contributed by atoms with Crippen molar-refractivity contribution in [3.8, 4) is 5.75 Å². The maximum atomic E-state index is 12.8. The van der Waals surface area contributed by atoms with Crippen LogP contribution in [0.4, 0.5) is 4.39 Å². The van der Waals surface area contributed by atoms with Gasteiger partial charge in [0.2, 0.25) is 11.7 Å². The molecule has 0 N–H and O–H groups in total. The number of hydrogen-bond acceptors (Lipinski definition) is 4. The Balaban J connectivity index is 2.04. The van der Waals surface area contributed by atoms with Gasteiger partial charge in [0.15, 0.2) is 6.61 Å². The predicted octanol–water partition coefficient (Wildman–Crippen LogP) is 2.40. The molecule has 0 spiro atoms. The zero-order chi connectivity index (χ0) is 11.5. The van der Waals surface area contributed by atoms with Crippen molar-refractivity contribution in [2.45, 2.75) is 20.5 Å². The van der Waals surface area contributed by atoms with Gasteiger partial charge in [-0.3, -0.25) is 0 Å². The number of nitrogens with zero attached hydrogens (tertiary/aromatic N) is 2. The summed E-state index contributed by atoms with van der Waals surface area (Å²) in [7, 11) is 0. The molecule has 2 aromatic rings. The van der Waals surface area contributed by atoms with Crippen LogP contribution in [0.25, 0.3) is 0 Å². The lowest BCUT2D eigenvalue weighted by Crippen LogP contribution is -1.99. The SMILES string of the molecule is Cc1nc(COc2ccc(F)cc2C)no1. The number of aromatic nitrogens is 2. The first kappa shape index (κ1) is 10.6. The molecule has 0 atom stereocenters. The Morgan fingerprint density at radius 1 is 1.38 bits per heavy atom. The van der Waals surface area contributed by atoms with Crippen molar-refractivity contribution in [2.75, 3.05) is 0 Å². The molecule has 0 aliphatic rings. The molecule has 0 saturated heterocycles. The minimum atomic E-state index is -0.278. The summed E-state index contributed by atoms with van der Waals surface area (Å²) < 4.78 is 23.1. The maximum Gasteiger partial charge on any atom is 0.223 e. The molecule has 0 aliphatic heterocycles. The number of hydrogen-bond donors (Lipinski definition) is 0. The van der Waals surface area contributed by atoms with Gasteiger partial charge in [-0.05, 0) is 30.7 Å². The molecule has 2 rings (SSSR count). The summed E-state index contributed by atoms with van der Waals surface area (Å²) >= 11 is 0. The van der Waals surface area contributed by atoms with Crippen LogP contribution in [0, 0.1) is 19.7 Å². The van der Waals surface area contributed by atoms with Crippen molar-refractivity contribution in [1.82, 2.24) is 10.1 Å². The molecule has 16 heavy (non-hydrogen) atoms. The molecular weight excluding hydrogens is 211 g/mol. The normalized spacial score (nSPS) is 10.4. The lowest BCUT2D eigenvalue weighted by molar-refractivity contribution is 0.283. The molecule has 1 aromatic heterocycles. The largest absolute Gasteiger partial charge is 0.485 e. The lowest BCUT2D eigenvalue weighted by atomic mass is 10.2. The molecule has 1 aromatic carbocycles. The van der Waals surface area contributed by atoms with Crippen molar-refractivity contribution < 1.29 is 13.7 Å². The van der Waals surface area contributed by atoms with Gasteiger partial charge in [-0.15, -0.1) is 0 Å². The van der Waals surface area contributed by atoms with E-state index in [9.17, 15) is 4.39 Å². The monoisotopic (exact) mass is 222 g/mol. The van der Waals surface area contributed by atoms with Gasteiger partial charge in [-0.1, -0.05) is 5.16 Å². The Labute approximate surface area is 92.0 Å². The molecule has 0 bridgehead atoms. The highest BCUT2D eigenvalue weighted by Crippen LogP contribution is 2.19. The lowest BCUT2D eigenvalue weighted by Gasteiger charge is -2.06. The summed E-state index contributed by atoms with van der Waals surface area (Å²) in [6.45, 7) is 3.70. The van der Waals surface area contributed by atoms with E-state index in [1.54, 1.807) is 19.9 Å². The van der Waals surface area contributed by atoms with Crippen molar-refractivity contribution in [3.63, 3.8) is 0 Å². The van der Waals surface area contributed by atoms with Crippen molar-refractivity contribution >= 4 is 0 Å². The highest BCUT2D eigenvalue weighted by molar-refractivity contribution is 5.32. The van der Waals surface area contributed by atoms with Gasteiger partial charge in [0, 0.05) is 6.92 Å². The second kappa shape index (κ2) is 4.30. The van der Waals surface area contributed by atoms with Crippen molar-refractivity contribution in [2.24, 2.45) is 0 Å². The molecule has 0 saturated carbocycles. The van der Waals surface area contributed by atoms with E-state index in [0.29, 0.717) is 17.5 Å². The Hall–Kier alpha value is -1.91. The molecule has 0 fully saturated rings. The molecule has 0 aliphatic carbocycles. The molecule has 4 nitrogen and oxygen atoms in total. The summed E-state index contributed by atoms with van der Waals surface area (Å²) in [6, 6.07) is 4.35. The van der Waals surface area contributed by atoms with Crippen molar-refractivity contribution in [1.29, 1.82) is 0 Å². The van der Waals surface area contributed by atoms with Gasteiger partial charge in [-0.25, -0.2) is 4.39 Å². The molecule has 1 heterocycles. The van der Waals surface area contributed by atoms with Crippen LogP contribution < -0.4 is 4.74 Å². The summed E-state index contributed by atoms with van der Waals surface area (Å²) in [6.07, 6.45) is 0. The summed E-state index contributed by atoms with van der Waals surface area (Å²) in [5.74, 6) is 1.31. The maximum absolute atomic E-state index is 12.8. The minimum Gasteiger partial charge on any atom is -0.485 e. The second-order valence-electron chi connectivity index (χ2n) is 3.43. The van der Waals surface area contributed by atoms with E-state index >= 15 is 0 Å². The molecular formula is C11H11FN2O2. The fourth-order valence-electron chi connectivity index (χ4n) is 1.32. The average molecular weight is 222 g/mol. The van der Waals surface area contributed by atoms with Gasteiger partial charge in [0.05, 0.1) is 0 Å². The van der Waals surface area contributed by atoms with Crippen LogP contribution in [0.15, 0.2) is 22.7 Å². The van der Waals surface area contributed by atoms with Gasteiger partial charge >= 0.3 is 0 Å².